The second-order valence-electron chi connectivity index (χ2n) is 3.44. The van der Waals surface area contributed by atoms with E-state index in [4.69, 9.17) is 0 Å². The summed E-state index contributed by atoms with van der Waals surface area (Å²) in [6.07, 6.45) is -1.84. The van der Waals surface area contributed by atoms with Gasteiger partial charge in [-0.25, -0.2) is 8.78 Å². The molecule has 1 nitrogen and oxygen atoms in total. The Balaban J connectivity index is 0.00000112. The second-order valence-corrected chi connectivity index (χ2v) is 4.68. The van der Waals surface area contributed by atoms with Gasteiger partial charge in [-0.1, -0.05) is 6.07 Å². The Morgan fingerprint density at radius 2 is 2.07 bits per heavy atom. The van der Waals surface area contributed by atoms with Crippen LogP contribution in [0.1, 0.15) is 11.1 Å². The van der Waals surface area contributed by atoms with Crippen LogP contribution in [0.25, 0.3) is 0 Å². The third-order valence-corrected chi connectivity index (χ3v) is 3.14. The summed E-state index contributed by atoms with van der Waals surface area (Å²) < 4.78 is 26.0. The van der Waals surface area contributed by atoms with E-state index in [-0.39, 0.29) is 12.4 Å². The zero-order chi connectivity index (χ0) is 10.1. The van der Waals surface area contributed by atoms with Gasteiger partial charge in [0.15, 0.2) is 0 Å². The monoisotopic (exact) mass is 345 g/mol. The maximum atomic E-state index is 12.4. The lowest BCUT2D eigenvalue weighted by Crippen LogP contribution is -2.40. The van der Waals surface area contributed by atoms with Gasteiger partial charge in [0.2, 0.25) is 0 Å². The zero-order valence-electron chi connectivity index (χ0n) is 7.84. The van der Waals surface area contributed by atoms with Crippen LogP contribution < -0.4 is 5.32 Å². The largest absolute Gasteiger partial charge is 0.304 e. The van der Waals surface area contributed by atoms with E-state index in [0.29, 0.717) is 13.0 Å². The van der Waals surface area contributed by atoms with Crippen molar-refractivity contribution in [1.82, 2.24) is 5.32 Å². The Bertz CT molecular complexity index is 346. The van der Waals surface area contributed by atoms with Crippen LogP contribution in [0.5, 0.6) is 0 Å². The SMILES string of the molecule is Cl.FC(F)C1Cc2ccc(I)cc2CN1. The van der Waals surface area contributed by atoms with Gasteiger partial charge in [0.1, 0.15) is 0 Å². The topological polar surface area (TPSA) is 12.0 Å². The molecule has 1 aromatic rings. The Kier molecular flexibility index (Phi) is 4.73. The normalized spacial score (nSPS) is 19.6. The van der Waals surface area contributed by atoms with Gasteiger partial charge >= 0.3 is 0 Å². The van der Waals surface area contributed by atoms with Crippen LogP contribution in [-0.2, 0) is 13.0 Å². The van der Waals surface area contributed by atoms with Crippen LogP contribution in [-0.4, -0.2) is 12.5 Å². The summed E-state index contributed by atoms with van der Waals surface area (Å²) in [5.41, 5.74) is 2.20. The van der Waals surface area contributed by atoms with E-state index in [1.807, 2.05) is 18.2 Å². The van der Waals surface area contributed by atoms with Crippen LogP contribution in [0, 0.1) is 3.57 Å². The first-order valence-electron chi connectivity index (χ1n) is 4.45. The molecule has 1 aliphatic rings. The maximum Gasteiger partial charge on any atom is 0.254 e. The number of fused-ring (bicyclic) bond motifs is 1. The summed E-state index contributed by atoms with van der Waals surface area (Å²) in [5.74, 6) is 0. The van der Waals surface area contributed by atoms with Gasteiger partial charge in [-0.3, -0.25) is 0 Å². The molecule has 0 fully saturated rings. The fourth-order valence-electron chi connectivity index (χ4n) is 1.69. The number of halogens is 4. The summed E-state index contributed by atoms with van der Waals surface area (Å²) in [4.78, 5) is 0. The molecule has 1 heterocycles. The highest BCUT2D eigenvalue weighted by Gasteiger charge is 2.25. The Morgan fingerprint density at radius 1 is 1.33 bits per heavy atom. The lowest BCUT2D eigenvalue weighted by atomic mass is 9.96. The minimum absolute atomic E-state index is 0. The van der Waals surface area contributed by atoms with Crippen molar-refractivity contribution in [3.05, 3.63) is 32.9 Å². The first-order chi connectivity index (χ1) is 6.66. The molecule has 1 N–H and O–H groups in total. The first kappa shape index (κ1) is 13.1. The molecular weight excluding hydrogens is 334 g/mol. The molecule has 5 heteroatoms. The van der Waals surface area contributed by atoms with Gasteiger partial charge in [-0.05, 0) is 52.3 Å². The molecule has 84 valence electrons. The fourth-order valence-corrected chi connectivity index (χ4v) is 2.24. The Labute approximate surface area is 107 Å². The number of benzene rings is 1. The van der Waals surface area contributed by atoms with Crippen LogP contribution in [0.4, 0.5) is 8.78 Å². The zero-order valence-corrected chi connectivity index (χ0v) is 10.8. The highest BCUT2D eigenvalue weighted by Crippen LogP contribution is 2.21. The number of hydrogen-bond donors (Lipinski definition) is 1. The van der Waals surface area contributed by atoms with Gasteiger partial charge in [-0.2, -0.15) is 0 Å². The average molecular weight is 346 g/mol. The van der Waals surface area contributed by atoms with Crippen molar-refractivity contribution in [2.24, 2.45) is 0 Å². The van der Waals surface area contributed by atoms with Crippen molar-refractivity contribution in [2.45, 2.75) is 25.4 Å². The fraction of sp³-hybridized carbons (Fsp3) is 0.400. The summed E-state index contributed by atoms with van der Waals surface area (Å²) in [6, 6.07) is 5.29. The van der Waals surface area contributed by atoms with Crippen molar-refractivity contribution >= 4 is 35.0 Å². The minimum atomic E-state index is -2.28. The second kappa shape index (κ2) is 5.41. The summed E-state index contributed by atoms with van der Waals surface area (Å²) in [5, 5.41) is 2.85. The van der Waals surface area contributed by atoms with Crippen LogP contribution >= 0.6 is 35.0 Å². The smallest absolute Gasteiger partial charge is 0.254 e. The van der Waals surface area contributed by atoms with Crippen molar-refractivity contribution in [1.29, 1.82) is 0 Å². The van der Waals surface area contributed by atoms with E-state index in [2.05, 4.69) is 27.9 Å². The molecule has 0 saturated heterocycles. The minimum Gasteiger partial charge on any atom is -0.304 e. The molecule has 0 aliphatic carbocycles. The van der Waals surface area contributed by atoms with Gasteiger partial charge in [0.25, 0.3) is 6.43 Å². The van der Waals surface area contributed by atoms with Gasteiger partial charge in [0, 0.05) is 10.1 Å². The molecular formula is C10H11ClF2IN. The third-order valence-electron chi connectivity index (χ3n) is 2.47. The predicted molar refractivity (Wildman–Crippen MR) is 66.7 cm³/mol. The highest BCUT2D eigenvalue weighted by atomic mass is 127. The summed E-state index contributed by atoms with van der Waals surface area (Å²) in [6.45, 7) is 0.557. The van der Waals surface area contributed by atoms with Gasteiger partial charge in [-0.15, -0.1) is 12.4 Å². The highest BCUT2D eigenvalue weighted by molar-refractivity contribution is 14.1. The van der Waals surface area contributed by atoms with Gasteiger partial charge < -0.3 is 5.32 Å². The van der Waals surface area contributed by atoms with Crippen LogP contribution in [0.3, 0.4) is 0 Å². The van der Waals surface area contributed by atoms with E-state index in [1.165, 1.54) is 0 Å². The van der Waals surface area contributed by atoms with Crippen molar-refractivity contribution in [2.75, 3.05) is 0 Å². The molecule has 0 radical (unpaired) electrons. The maximum absolute atomic E-state index is 12.4. The average Bonchev–Trinajstić information content (AvgIpc) is 2.16. The number of alkyl halides is 2. The summed E-state index contributed by atoms with van der Waals surface area (Å²) >= 11 is 2.23. The van der Waals surface area contributed by atoms with E-state index in [0.717, 1.165) is 14.7 Å². The number of nitrogens with one attached hydrogen (secondary N) is 1. The van der Waals surface area contributed by atoms with E-state index < -0.39 is 12.5 Å². The molecule has 1 unspecified atom stereocenters. The molecule has 0 bridgehead atoms. The lowest BCUT2D eigenvalue weighted by Gasteiger charge is -2.25. The van der Waals surface area contributed by atoms with E-state index in [9.17, 15) is 8.78 Å². The Hall–Kier alpha value is 0.0600. The molecule has 1 aliphatic heterocycles. The third kappa shape index (κ3) is 3.01. The Morgan fingerprint density at radius 3 is 2.73 bits per heavy atom. The van der Waals surface area contributed by atoms with E-state index in [1.54, 1.807) is 0 Å². The molecule has 1 aromatic carbocycles. The molecule has 0 amide bonds. The van der Waals surface area contributed by atoms with Gasteiger partial charge in [0.05, 0.1) is 6.04 Å². The quantitative estimate of drug-likeness (QED) is 0.772. The van der Waals surface area contributed by atoms with Crippen molar-refractivity contribution in [3.8, 4) is 0 Å². The van der Waals surface area contributed by atoms with Crippen LogP contribution in [0.15, 0.2) is 18.2 Å². The standard InChI is InChI=1S/C10H10F2IN.ClH/c11-10(12)9-4-6-1-2-8(13)3-7(6)5-14-9;/h1-3,9-10,14H,4-5H2;1H. The number of hydrogen-bond acceptors (Lipinski definition) is 1. The first-order valence-corrected chi connectivity index (χ1v) is 5.53. The molecule has 1 atom stereocenters. The predicted octanol–water partition coefficient (Wildman–Crippen LogP) is 2.99. The molecule has 0 aromatic heterocycles. The molecule has 0 spiro atoms. The number of rotatable bonds is 1. The van der Waals surface area contributed by atoms with E-state index >= 15 is 0 Å². The van der Waals surface area contributed by atoms with Crippen molar-refractivity contribution < 1.29 is 8.78 Å². The van der Waals surface area contributed by atoms with Crippen LogP contribution in [0.2, 0.25) is 0 Å². The summed E-state index contributed by atoms with van der Waals surface area (Å²) in [7, 11) is 0. The van der Waals surface area contributed by atoms with Crippen molar-refractivity contribution in [3.63, 3.8) is 0 Å². The molecule has 15 heavy (non-hydrogen) atoms. The lowest BCUT2D eigenvalue weighted by molar-refractivity contribution is 0.0942. The molecule has 2 rings (SSSR count). The molecule has 0 saturated carbocycles.